The first-order valence-corrected chi connectivity index (χ1v) is 8.61. The molecule has 0 spiro atoms. The van der Waals surface area contributed by atoms with Crippen LogP contribution in [0.3, 0.4) is 0 Å². The zero-order chi connectivity index (χ0) is 14.6. The molecule has 0 saturated heterocycles. The maximum Gasteiger partial charge on any atom is 0.252 e. The summed E-state index contributed by atoms with van der Waals surface area (Å²) in [6.45, 7) is 5.63. The van der Waals surface area contributed by atoms with E-state index in [1.165, 1.54) is 5.38 Å². The number of carbonyl (C=O) groups excluding carboxylic acids is 1. The van der Waals surface area contributed by atoms with Crippen LogP contribution in [0, 0.1) is 6.92 Å². The van der Waals surface area contributed by atoms with Gasteiger partial charge in [-0.2, -0.15) is 0 Å². The zero-order valence-electron chi connectivity index (χ0n) is 11.4. The number of rotatable bonds is 6. The van der Waals surface area contributed by atoms with Crippen molar-refractivity contribution in [1.82, 2.24) is 5.32 Å². The fourth-order valence-corrected chi connectivity index (χ4v) is 3.80. The second-order valence-corrected chi connectivity index (χ2v) is 7.26. The molecule has 0 aliphatic heterocycles. The molecular weight excluding hydrogens is 284 g/mol. The lowest BCUT2D eigenvalue weighted by atomic mass is 10.1. The SMILES string of the molecule is CCCCC(C)NC(=O)c1csc(S(N)(=O)=O)c1C. The van der Waals surface area contributed by atoms with Gasteiger partial charge in [-0.1, -0.05) is 19.8 Å². The first-order chi connectivity index (χ1) is 8.77. The molecule has 108 valence electrons. The number of hydrogen-bond donors (Lipinski definition) is 2. The van der Waals surface area contributed by atoms with Gasteiger partial charge in [-0.05, 0) is 25.8 Å². The topological polar surface area (TPSA) is 89.3 Å². The van der Waals surface area contributed by atoms with Gasteiger partial charge in [-0.25, -0.2) is 13.6 Å². The maximum absolute atomic E-state index is 12.0. The third-order valence-corrected chi connectivity index (χ3v) is 5.55. The van der Waals surface area contributed by atoms with E-state index < -0.39 is 10.0 Å². The maximum atomic E-state index is 12.0. The van der Waals surface area contributed by atoms with Gasteiger partial charge >= 0.3 is 0 Å². The lowest BCUT2D eigenvalue weighted by Crippen LogP contribution is -2.32. The van der Waals surface area contributed by atoms with Crippen molar-refractivity contribution in [3.05, 3.63) is 16.5 Å². The van der Waals surface area contributed by atoms with Crippen LogP contribution in [0.1, 0.15) is 49.0 Å². The minimum Gasteiger partial charge on any atom is -0.350 e. The smallest absolute Gasteiger partial charge is 0.252 e. The molecule has 1 heterocycles. The quantitative estimate of drug-likeness (QED) is 0.842. The summed E-state index contributed by atoms with van der Waals surface area (Å²) >= 11 is 0.983. The average Bonchev–Trinajstić information content (AvgIpc) is 2.68. The van der Waals surface area contributed by atoms with Gasteiger partial charge < -0.3 is 5.32 Å². The predicted octanol–water partition coefficient (Wildman–Crippen LogP) is 2.01. The summed E-state index contributed by atoms with van der Waals surface area (Å²) in [6.07, 6.45) is 3.03. The molecule has 0 radical (unpaired) electrons. The van der Waals surface area contributed by atoms with Crippen molar-refractivity contribution < 1.29 is 13.2 Å². The molecule has 1 rings (SSSR count). The standard InChI is InChI=1S/C12H20N2O3S2/c1-4-5-6-8(2)14-11(15)10-7-18-12(9(10)3)19(13,16)17/h7-8H,4-6H2,1-3H3,(H,14,15)(H2,13,16,17). The molecule has 1 amide bonds. The molecule has 0 aromatic carbocycles. The summed E-state index contributed by atoms with van der Waals surface area (Å²) in [7, 11) is -3.75. The van der Waals surface area contributed by atoms with Crippen molar-refractivity contribution in [2.45, 2.75) is 50.3 Å². The van der Waals surface area contributed by atoms with E-state index in [4.69, 9.17) is 5.14 Å². The van der Waals surface area contributed by atoms with Gasteiger partial charge in [0.2, 0.25) is 10.0 Å². The minimum absolute atomic E-state index is 0.0545. The lowest BCUT2D eigenvalue weighted by Gasteiger charge is -2.13. The van der Waals surface area contributed by atoms with Crippen LogP contribution in [0.5, 0.6) is 0 Å². The molecule has 3 N–H and O–H groups in total. The van der Waals surface area contributed by atoms with E-state index in [9.17, 15) is 13.2 Å². The van der Waals surface area contributed by atoms with Gasteiger partial charge in [0.15, 0.2) is 0 Å². The summed E-state index contributed by atoms with van der Waals surface area (Å²) in [5.74, 6) is -0.243. The van der Waals surface area contributed by atoms with Crippen LogP contribution in [0.25, 0.3) is 0 Å². The highest BCUT2D eigenvalue weighted by Gasteiger charge is 2.21. The molecule has 0 bridgehead atoms. The van der Waals surface area contributed by atoms with Crippen LogP contribution in [0.4, 0.5) is 0 Å². The molecular formula is C12H20N2O3S2. The Balaban J connectivity index is 2.82. The Morgan fingerprint density at radius 1 is 1.53 bits per heavy atom. The van der Waals surface area contributed by atoms with Gasteiger partial charge in [-0.3, -0.25) is 4.79 Å². The van der Waals surface area contributed by atoms with Crippen LogP contribution >= 0.6 is 11.3 Å². The number of hydrogen-bond acceptors (Lipinski definition) is 4. The van der Waals surface area contributed by atoms with Crippen molar-refractivity contribution in [3.63, 3.8) is 0 Å². The Bertz CT molecular complexity index is 549. The number of primary sulfonamides is 1. The molecule has 0 saturated carbocycles. The summed E-state index contributed by atoms with van der Waals surface area (Å²) < 4.78 is 22.7. The van der Waals surface area contributed by atoms with E-state index in [0.717, 1.165) is 30.6 Å². The predicted molar refractivity (Wildman–Crippen MR) is 76.9 cm³/mol. The zero-order valence-corrected chi connectivity index (χ0v) is 13.0. The molecule has 0 aliphatic rings. The first kappa shape index (κ1) is 16.1. The molecule has 0 fully saturated rings. The van der Waals surface area contributed by atoms with E-state index in [1.54, 1.807) is 6.92 Å². The van der Waals surface area contributed by atoms with Crippen molar-refractivity contribution in [2.24, 2.45) is 5.14 Å². The van der Waals surface area contributed by atoms with E-state index >= 15 is 0 Å². The number of thiophene rings is 1. The molecule has 1 aromatic rings. The fourth-order valence-electron chi connectivity index (χ4n) is 1.79. The number of carbonyl (C=O) groups is 1. The second kappa shape index (κ2) is 6.49. The van der Waals surface area contributed by atoms with Gasteiger partial charge in [0, 0.05) is 11.4 Å². The number of unbranched alkanes of at least 4 members (excludes halogenated alkanes) is 1. The highest BCUT2D eigenvalue weighted by Crippen LogP contribution is 2.25. The Labute approximate surface area is 118 Å². The lowest BCUT2D eigenvalue weighted by molar-refractivity contribution is 0.0937. The van der Waals surface area contributed by atoms with Crippen LogP contribution < -0.4 is 10.5 Å². The number of amides is 1. The first-order valence-electron chi connectivity index (χ1n) is 6.19. The number of nitrogens with one attached hydrogen (secondary N) is 1. The molecule has 19 heavy (non-hydrogen) atoms. The molecule has 1 unspecified atom stereocenters. The van der Waals surface area contributed by atoms with Gasteiger partial charge in [0.25, 0.3) is 5.91 Å². The Hall–Kier alpha value is -0.920. The van der Waals surface area contributed by atoms with Crippen molar-refractivity contribution in [3.8, 4) is 0 Å². The normalized spacial score (nSPS) is 13.3. The number of sulfonamides is 1. The van der Waals surface area contributed by atoms with Crippen LogP contribution in [0.2, 0.25) is 0 Å². The van der Waals surface area contributed by atoms with E-state index in [1.807, 2.05) is 6.92 Å². The summed E-state index contributed by atoms with van der Waals surface area (Å²) in [6, 6.07) is 0.0738. The summed E-state index contributed by atoms with van der Waals surface area (Å²) in [4.78, 5) is 12.0. The summed E-state index contributed by atoms with van der Waals surface area (Å²) in [5.41, 5.74) is 0.810. The van der Waals surface area contributed by atoms with Crippen LogP contribution in [0.15, 0.2) is 9.59 Å². The highest BCUT2D eigenvalue weighted by molar-refractivity contribution is 7.91. The van der Waals surface area contributed by atoms with Gasteiger partial charge in [-0.15, -0.1) is 11.3 Å². The Morgan fingerprint density at radius 2 is 2.16 bits per heavy atom. The third-order valence-electron chi connectivity index (χ3n) is 2.87. The van der Waals surface area contributed by atoms with E-state index in [-0.39, 0.29) is 16.2 Å². The highest BCUT2D eigenvalue weighted by atomic mass is 32.2. The Morgan fingerprint density at radius 3 is 2.63 bits per heavy atom. The largest absolute Gasteiger partial charge is 0.350 e. The van der Waals surface area contributed by atoms with Crippen molar-refractivity contribution in [1.29, 1.82) is 0 Å². The molecule has 1 aromatic heterocycles. The molecule has 0 aliphatic carbocycles. The molecule has 1 atom stereocenters. The van der Waals surface area contributed by atoms with E-state index in [2.05, 4.69) is 12.2 Å². The minimum atomic E-state index is -3.75. The van der Waals surface area contributed by atoms with Gasteiger partial charge in [0.1, 0.15) is 4.21 Å². The molecule has 7 heteroatoms. The van der Waals surface area contributed by atoms with Crippen LogP contribution in [-0.4, -0.2) is 20.4 Å². The molecule has 5 nitrogen and oxygen atoms in total. The average molecular weight is 304 g/mol. The number of nitrogens with two attached hydrogens (primary N) is 1. The third kappa shape index (κ3) is 4.29. The van der Waals surface area contributed by atoms with E-state index in [0.29, 0.717) is 11.1 Å². The Kier molecular flexibility index (Phi) is 5.51. The fraction of sp³-hybridized carbons (Fsp3) is 0.583. The van der Waals surface area contributed by atoms with Crippen molar-refractivity contribution >= 4 is 27.3 Å². The van der Waals surface area contributed by atoms with Gasteiger partial charge in [0.05, 0.1) is 5.56 Å². The second-order valence-electron chi connectivity index (χ2n) is 4.62. The summed E-state index contributed by atoms with van der Waals surface area (Å²) in [5, 5.41) is 9.50. The van der Waals surface area contributed by atoms with Crippen LogP contribution in [-0.2, 0) is 10.0 Å². The monoisotopic (exact) mass is 304 g/mol. The van der Waals surface area contributed by atoms with Crippen molar-refractivity contribution in [2.75, 3.05) is 0 Å².